The summed E-state index contributed by atoms with van der Waals surface area (Å²) in [6.45, 7) is 2.15. The molecule has 2 nitrogen and oxygen atoms in total. The Morgan fingerprint density at radius 1 is 1.00 bits per heavy atom. The second kappa shape index (κ2) is 5.58. The molecule has 0 aliphatic carbocycles. The van der Waals surface area contributed by atoms with E-state index in [1.165, 1.54) is 16.8 Å². The van der Waals surface area contributed by atoms with Crippen molar-refractivity contribution in [2.75, 3.05) is 0 Å². The number of fused-ring (bicyclic) bond motifs is 2. The number of nitrogens with zero attached hydrogens (tertiary/aromatic N) is 2. The molecule has 0 radical (unpaired) electrons. The van der Waals surface area contributed by atoms with Gasteiger partial charge in [-0.2, -0.15) is 0 Å². The SMILES string of the molecule is CC1=CSC2=Nc3ccccc3[C@@H](c3ccccc3)N12.Cl. The normalized spacial score (nSPS) is 19.1. The third-order valence-corrected chi connectivity index (χ3v) is 4.70. The standard InChI is InChI=1S/C17H14N2S.ClH/c1-12-11-20-17-18-15-10-6-5-9-14(15)16(19(12)17)13-7-3-2-4-8-13;/h2-11,16H,1H3;1H/t16-;/m1./s1. The first-order chi connectivity index (χ1) is 9.84. The van der Waals surface area contributed by atoms with Gasteiger partial charge in [-0.05, 0) is 24.0 Å². The summed E-state index contributed by atoms with van der Waals surface area (Å²) in [6, 6.07) is 19.3. The average molecular weight is 315 g/mol. The van der Waals surface area contributed by atoms with E-state index < -0.39 is 0 Å². The average Bonchev–Trinajstić information content (AvgIpc) is 2.87. The van der Waals surface area contributed by atoms with E-state index in [2.05, 4.69) is 71.8 Å². The van der Waals surface area contributed by atoms with Crippen LogP contribution >= 0.6 is 24.2 Å². The lowest BCUT2D eigenvalue weighted by molar-refractivity contribution is 0.442. The van der Waals surface area contributed by atoms with Crippen LogP contribution in [0.15, 0.2) is 70.7 Å². The molecule has 0 saturated heterocycles. The summed E-state index contributed by atoms with van der Waals surface area (Å²) >= 11 is 1.71. The topological polar surface area (TPSA) is 15.6 Å². The summed E-state index contributed by atoms with van der Waals surface area (Å²) in [4.78, 5) is 7.12. The van der Waals surface area contributed by atoms with Crippen molar-refractivity contribution in [2.45, 2.75) is 13.0 Å². The number of thioether (sulfide) groups is 1. The van der Waals surface area contributed by atoms with Crippen molar-refractivity contribution < 1.29 is 0 Å². The Labute approximate surface area is 135 Å². The molecule has 2 heterocycles. The maximum atomic E-state index is 4.79. The fraction of sp³-hybridized carbons (Fsp3) is 0.118. The summed E-state index contributed by atoms with van der Waals surface area (Å²) in [7, 11) is 0. The van der Waals surface area contributed by atoms with Crippen LogP contribution in [0.2, 0.25) is 0 Å². The first-order valence-corrected chi connectivity index (χ1v) is 7.58. The molecule has 2 aromatic rings. The van der Waals surface area contributed by atoms with E-state index in [-0.39, 0.29) is 18.4 Å². The van der Waals surface area contributed by atoms with E-state index in [4.69, 9.17) is 4.99 Å². The van der Waals surface area contributed by atoms with Crippen molar-refractivity contribution in [3.05, 3.63) is 76.8 Å². The van der Waals surface area contributed by atoms with Crippen LogP contribution in [0.1, 0.15) is 24.1 Å². The molecule has 0 bridgehead atoms. The molecule has 0 amide bonds. The Hall–Kier alpha value is -1.71. The Kier molecular flexibility index (Phi) is 3.79. The molecule has 1 atom stereocenters. The minimum atomic E-state index is 0. The van der Waals surface area contributed by atoms with Gasteiger partial charge in [0.25, 0.3) is 0 Å². The zero-order chi connectivity index (χ0) is 13.5. The molecule has 2 aliphatic rings. The monoisotopic (exact) mass is 314 g/mol. The highest BCUT2D eigenvalue weighted by Crippen LogP contribution is 2.45. The first kappa shape index (κ1) is 14.2. The van der Waals surface area contributed by atoms with Crippen LogP contribution in [-0.2, 0) is 0 Å². The quantitative estimate of drug-likeness (QED) is 0.727. The molecule has 106 valence electrons. The molecule has 0 spiro atoms. The van der Waals surface area contributed by atoms with Gasteiger partial charge in [0, 0.05) is 11.3 Å². The zero-order valence-corrected chi connectivity index (χ0v) is 13.2. The molecule has 0 saturated carbocycles. The van der Waals surface area contributed by atoms with Crippen LogP contribution in [-0.4, -0.2) is 10.1 Å². The molecule has 0 fully saturated rings. The first-order valence-electron chi connectivity index (χ1n) is 6.70. The number of allylic oxidation sites excluding steroid dienone is 1. The van der Waals surface area contributed by atoms with E-state index in [9.17, 15) is 0 Å². The van der Waals surface area contributed by atoms with Gasteiger partial charge in [0.2, 0.25) is 0 Å². The van der Waals surface area contributed by atoms with E-state index in [0.717, 1.165) is 10.9 Å². The lowest BCUT2D eigenvalue weighted by Gasteiger charge is -2.35. The van der Waals surface area contributed by atoms with Gasteiger partial charge in [-0.1, -0.05) is 60.3 Å². The van der Waals surface area contributed by atoms with Gasteiger partial charge < -0.3 is 4.90 Å². The zero-order valence-electron chi connectivity index (χ0n) is 11.6. The molecule has 2 aromatic carbocycles. The molecule has 4 rings (SSSR count). The Morgan fingerprint density at radius 3 is 2.52 bits per heavy atom. The highest BCUT2D eigenvalue weighted by Gasteiger charge is 2.34. The van der Waals surface area contributed by atoms with Crippen LogP contribution < -0.4 is 0 Å². The van der Waals surface area contributed by atoms with Crippen LogP contribution in [0.25, 0.3) is 0 Å². The molecule has 21 heavy (non-hydrogen) atoms. The minimum absolute atomic E-state index is 0. The molecule has 0 unspecified atom stereocenters. The molecular formula is C17H15ClN2S. The number of para-hydroxylation sites is 1. The second-order valence-electron chi connectivity index (χ2n) is 5.01. The van der Waals surface area contributed by atoms with Gasteiger partial charge in [0.15, 0.2) is 5.17 Å². The van der Waals surface area contributed by atoms with Crippen LogP contribution in [0.4, 0.5) is 5.69 Å². The van der Waals surface area contributed by atoms with E-state index in [1.807, 2.05) is 0 Å². The van der Waals surface area contributed by atoms with Gasteiger partial charge in [0.1, 0.15) is 0 Å². The van der Waals surface area contributed by atoms with Gasteiger partial charge in [-0.25, -0.2) is 4.99 Å². The summed E-state index contributed by atoms with van der Waals surface area (Å²) in [6.07, 6.45) is 0. The lowest BCUT2D eigenvalue weighted by Crippen LogP contribution is -2.31. The van der Waals surface area contributed by atoms with Gasteiger partial charge >= 0.3 is 0 Å². The van der Waals surface area contributed by atoms with E-state index in [1.54, 1.807) is 11.8 Å². The minimum Gasteiger partial charge on any atom is -0.312 e. The molecule has 0 N–H and O–H groups in total. The predicted octanol–water partition coefficient (Wildman–Crippen LogP) is 5.11. The summed E-state index contributed by atoms with van der Waals surface area (Å²) < 4.78 is 0. The number of rotatable bonds is 1. The van der Waals surface area contributed by atoms with E-state index in [0.29, 0.717) is 0 Å². The van der Waals surface area contributed by atoms with Crippen molar-refractivity contribution in [2.24, 2.45) is 4.99 Å². The molecule has 0 aromatic heterocycles. The summed E-state index contributed by atoms with van der Waals surface area (Å²) in [5.74, 6) is 0. The fourth-order valence-electron chi connectivity index (χ4n) is 2.82. The lowest BCUT2D eigenvalue weighted by atomic mass is 9.94. The molecular weight excluding hydrogens is 300 g/mol. The van der Waals surface area contributed by atoms with E-state index >= 15 is 0 Å². The van der Waals surface area contributed by atoms with Gasteiger partial charge in [-0.3, -0.25) is 0 Å². The molecule has 4 heteroatoms. The number of hydrogen-bond donors (Lipinski definition) is 0. The number of aliphatic imine (C=N–C) groups is 1. The maximum absolute atomic E-state index is 4.79. The number of halogens is 1. The van der Waals surface area contributed by atoms with Gasteiger partial charge in [-0.15, -0.1) is 12.4 Å². The Bertz CT molecular complexity index is 725. The van der Waals surface area contributed by atoms with Crippen molar-refractivity contribution in [3.8, 4) is 0 Å². The second-order valence-corrected chi connectivity index (χ2v) is 5.85. The van der Waals surface area contributed by atoms with Crippen LogP contribution in [0, 0.1) is 0 Å². The number of hydrogen-bond acceptors (Lipinski definition) is 3. The Balaban J connectivity index is 0.00000132. The molecule has 2 aliphatic heterocycles. The van der Waals surface area contributed by atoms with Crippen molar-refractivity contribution in [1.29, 1.82) is 0 Å². The highest BCUT2D eigenvalue weighted by atomic mass is 35.5. The fourth-order valence-corrected chi connectivity index (χ4v) is 3.73. The third kappa shape index (κ3) is 2.27. The Morgan fingerprint density at radius 2 is 1.71 bits per heavy atom. The number of benzene rings is 2. The predicted molar refractivity (Wildman–Crippen MR) is 92.3 cm³/mol. The van der Waals surface area contributed by atoms with Crippen molar-refractivity contribution >= 4 is 35.0 Å². The smallest absolute Gasteiger partial charge is 0.173 e. The summed E-state index contributed by atoms with van der Waals surface area (Å²) in [5, 5.41) is 3.26. The third-order valence-electron chi connectivity index (χ3n) is 3.74. The van der Waals surface area contributed by atoms with Crippen LogP contribution in [0.3, 0.4) is 0 Å². The van der Waals surface area contributed by atoms with Crippen LogP contribution in [0.5, 0.6) is 0 Å². The highest BCUT2D eigenvalue weighted by molar-refractivity contribution is 8.16. The number of amidine groups is 1. The summed E-state index contributed by atoms with van der Waals surface area (Å²) in [5.41, 5.74) is 4.93. The van der Waals surface area contributed by atoms with Crippen molar-refractivity contribution in [3.63, 3.8) is 0 Å². The van der Waals surface area contributed by atoms with Gasteiger partial charge in [0.05, 0.1) is 11.7 Å². The largest absolute Gasteiger partial charge is 0.312 e. The van der Waals surface area contributed by atoms with Crippen molar-refractivity contribution in [1.82, 2.24) is 4.90 Å². The maximum Gasteiger partial charge on any atom is 0.173 e.